The van der Waals surface area contributed by atoms with Gasteiger partial charge in [-0.2, -0.15) is 0 Å². The van der Waals surface area contributed by atoms with Gasteiger partial charge in [0.05, 0.1) is 0 Å². The second-order valence-corrected chi connectivity index (χ2v) is 4.99. The Morgan fingerprint density at radius 1 is 1.11 bits per heavy atom. The Hall–Kier alpha value is -1.18. The lowest BCUT2D eigenvalue weighted by Gasteiger charge is -2.04. The molecule has 0 aliphatic carbocycles. The monoisotopic (exact) mass is 247 g/mol. The van der Waals surface area contributed by atoms with Gasteiger partial charge in [0.1, 0.15) is 0 Å². The van der Waals surface area contributed by atoms with Crippen LogP contribution < -0.4 is 0 Å². The number of unbranched alkanes of at least 4 members (excludes halogenated alkanes) is 6. The first kappa shape index (κ1) is 14.9. The number of aryl methyl sites for hydroxylation is 1. The van der Waals surface area contributed by atoms with E-state index >= 15 is 0 Å². The summed E-state index contributed by atoms with van der Waals surface area (Å²) < 4.78 is 0. The van der Waals surface area contributed by atoms with Gasteiger partial charge in [-0.05, 0) is 25.0 Å². The summed E-state index contributed by atoms with van der Waals surface area (Å²) in [7, 11) is 0. The number of hydrogen-bond donors (Lipinski definition) is 0. The van der Waals surface area contributed by atoms with Crippen LogP contribution in [0.2, 0.25) is 0 Å². The number of ketones is 1. The zero-order chi connectivity index (χ0) is 13.2. The number of nitrogens with zero attached hydrogens (tertiary/aromatic N) is 1. The second kappa shape index (κ2) is 8.84. The van der Waals surface area contributed by atoms with E-state index in [2.05, 4.69) is 11.9 Å². The number of hydrogen-bond acceptors (Lipinski definition) is 2. The summed E-state index contributed by atoms with van der Waals surface area (Å²) in [6.45, 7) is 4.18. The second-order valence-electron chi connectivity index (χ2n) is 4.99. The van der Waals surface area contributed by atoms with Crippen molar-refractivity contribution in [2.45, 2.75) is 65.2 Å². The Bertz CT molecular complexity index is 360. The average molecular weight is 247 g/mol. The maximum atomic E-state index is 12.0. The van der Waals surface area contributed by atoms with Gasteiger partial charge in [0.15, 0.2) is 5.78 Å². The molecular weight excluding hydrogens is 222 g/mol. The molecule has 1 rings (SSSR count). The van der Waals surface area contributed by atoms with Crippen LogP contribution in [0.25, 0.3) is 0 Å². The molecule has 0 aromatic carbocycles. The molecule has 0 spiro atoms. The van der Waals surface area contributed by atoms with E-state index in [0.29, 0.717) is 6.42 Å². The zero-order valence-electron chi connectivity index (χ0n) is 11.7. The molecule has 100 valence electrons. The highest BCUT2D eigenvalue weighted by atomic mass is 16.1. The van der Waals surface area contributed by atoms with Gasteiger partial charge < -0.3 is 0 Å². The number of Topliss-reactive ketones (excluding diaryl/α,β-unsaturated/α-hetero) is 1. The van der Waals surface area contributed by atoms with Crippen molar-refractivity contribution >= 4 is 5.78 Å². The SMILES string of the molecule is CCCCCCCCCC(=O)c1ccncc1C. The maximum absolute atomic E-state index is 12.0. The maximum Gasteiger partial charge on any atom is 0.163 e. The third-order valence-corrected chi connectivity index (χ3v) is 3.33. The molecule has 2 nitrogen and oxygen atoms in total. The van der Waals surface area contributed by atoms with Gasteiger partial charge in [-0.15, -0.1) is 0 Å². The van der Waals surface area contributed by atoms with Crippen molar-refractivity contribution in [3.63, 3.8) is 0 Å². The van der Waals surface area contributed by atoms with Gasteiger partial charge in [-0.25, -0.2) is 0 Å². The van der Waals surface area contributed by atoms with E-state index in [9.17, 15) is 4.79 Å². The fraction of sp³-hybridized carbons (Fsp3) is 0.625. The summed E-state index contributed by atoms with van der Waals surface area (Å²) >= 11 is 0. The number of carbonyl (C=O) groups excluding carboxylic acids is 1. The van der Waals surface area contributed by atoms with Crippen LogP contribution in [0.4, 0.5) is 0 Å². The summed E-state index contributed by atoms with van der Waals surface area (Å²) in [5, 5.41) is 0. The van der Waals surface area contributed by atoms with Crippen LogP contribution in [0.1, 0.15) is 74.2 Å². The van der Waals surface area contributed by atoms with Crippen LogP contribution in [0.15, 0.2) is 18.5 Å². The molecule has 0 unspecified atom stereocenters. The smallest absolute Gasteiger partial charge is 0.163 e. The van der Waals surface area contributed by atoms with E-state index in [-0.39, 0.29) is 5.78 Å². The number of pyridine rings is 1. The van der Waals surface area contributed by atoms with Gasteiger partial charge in [0.25, 0.3) is 0 Å². The molecular formula is C16H25NO. The number of rotatable bonds is 9. The van der Waals surface area contributed by atoms with Crippen molar-refractivity contribution in [1.29, 1.82) is 0 Å². The van der Waals surface area contributed by atoms with E-state index in [1.807, 2.05) is 13.0 Å². The van der Waals surface area contributed by atoms with E-state index < -0.39 is 0 Å². The molecule has 0 amide bonds. The predicted molar refractivity (Wildman–Crippen MR) is 75.9 cm³/mol. The highest BCUT2D eigenvalue weighted by molar-refractivity contribution is 5.97. The molecule has 0 saturated heterocycles. The Kier molecular flexibility index (Phi) is 7.31. The van der Waals surface area contributed by atoms with Crippen LogP contribution in [0, 0.1) is 6.92 Å². The lowest BCUT2D eigenvalue weighted by Crippen LogP contribution is -2.01. The Balaban J connectivity index is 2.16. The summed E-state index contributed by atoms with van der Waals surface area (Å²) in [6.07, 6.45) is 12.9. The molecule has 1 heterocycles. The molecule has 1 aromatic heterocycles. The fourth-order valence-electron chi connectivity index (χ4n) is 2.16. The van der Waals surface area contributed by atoms with Crippen LogP contribution in [0.5, 0.6) is 0 Å². The summed E-state index contributed by atoms with van der Waals surface area (Å²) in [4.78, 5) is 16.0. The van der Waals surface area contributed by atoms with Gasteiger partial charge >= 0.3 is 0 Å². The minimum Gasteiger partial charge on any atom is -0.294 e. The average Bonchev–Trinajstić information content (AvgIpc) is 2.38. The summed E-state index contributed by atoms with van der Waals surface area (Å²) in [5.41, 5.74) is 1.83. The van der Waals surface area contributed by atoms with Crippen LogP contribution in [-0.4, -0.2) is 10.8 Å². The van der Waals surface area contributed by atoms with Gasteiger partial charge in [0, 0.05) is 24.4 Å². The molecule has 2 heteroatoms. The Labute approximate surface area is 111 Å². The molecule has 0 N–H and O–H groups in total. The Morgan fingerprint density at radius 3 is 2.44 bits per heavy atom. The lowest BCUT2D eigenvalue weighted by molar-refractivity contribution is 0.0978. The molecule has 0 radical (unpaired) electrons. The first-order valence-corrected chi connectivity index (χ1v) is 7.19. The topological polar surface area (TPSA) is 30.0 Å². The quantitative estimate of drug-likeness (QED) is 0.467. The van der Waals surface area contributed by atoms with Crippen LogP contribution in [-0.2, 0) is 0 Å². The normalized spacial score (nSPS) is 10.6. The standard InChI is InChI=1S/C16H25NO/c1-3-4-5-6-7-8-9-10-16(18)15-11-12-17-13-14(15)2/h11-13H,3-10H2,1-2H3. The van der Waals surface area contributed by atoms with Crippen molar-refractivity contribution in [3.8, 4) is 0 Å². The summed E-state index contributed by atoms with van der Waals surface area (Å²) in [6, 6.07) is 1.83. The molecule has 18 heavy (non-hydrogen) atoms. The van der Waals surface area contributed by atoms with E-state index in [1.54, 1.807) is 12.4 Å². The van der Waals surface area contributed by atoms with Gasteiger partial charge in [-0.1, -0.05) is 45.4 Å². The van der Waals surface area contributed by atoms with Crippen molar-refractivity contribution in [3.05, 3.63) is 29.6 Å². The summed E-state index contributed by atoms with van der Waals surface area (Å²) in [5.74, 6) is 0.267. The number of carbonyl (C=O) groups is 1. The molecule has 1 aromatic rings. The van der Waals surface area contributed by atoms with Crippen molar-refractivity contribution in [1.82, 2.24) is 4.98 Å². The van der Waals surface area contributed by atoms with Crippen molar-refractivity contribution in [2.24, 2.45) is 0 Å². The van der Waals surface area contributed by atoms with Gasteiger partial charge in [0.2, 0.25) is 0 Å². The van der Waals surface area contributed by atoms with Gasteiger partial charge in [-0.3, -0.25) is 9.78 Å². The highest BCUT2D eigenvalue weighted by Gasteiger charge is 2.07. The molecule has 0 fully saturated rings. The predicted octanol–water partition coefficient (Wildman–Crippen LogP) is 4.71. The third-order valence-electron chi connectivity index (χ3n) is 3.33. The minimum atomic E-state index is 0.267. The molecule has 0 saturated carbocycles. The van der Waals surface area contributed by atoms with Crippen molar-refractivity contribution in [2.75, 3.05) is 0 Å². The number of aromatic nitrogens is 1. The van der Waals surface area contributed by atoms with E-state index in [1.165, 1.54) is 38.5 Å². The van der Waals surface area contributed by atoms with E-state index in [4.69, 9.17) is 0 Å². The Morgan fingerprint density at radius 2 is 1.78 bits per heavy atom. The molecule has 0 aliphatic rings. The molecule has 0 atom stereocenters. The molecule has 0 bridgehead atoms. The minimum absolute atomic E-state index is 0.267. The first-order valence-electron chi connectivity index (χ1n) is 7.19. The zero-order valence-corrected chi connectivity index (χ0v) is 11.7. The molecule has 0 aliphatic heterocycles. The third kappa shape index (κ3) is 5.44. The fourth-order valence-corrected chi connectivity index (χ4v) is 2.16. The van der Waals surface area contributed by atoms with Crippen molar-refractivity contribution < 1.29 is 4.79 Å². The highest BCUT2D eigenvalue weighted by Crippen LogP contribution is 2.13. The lowest BCUT2D eigenvalue weighted by atomic mass is 10.0. The first-order chi connectivity index (χ1) is 8.75. The van der Waals surface area contributed by atoms with Crippen LogP contribution >= 0.6 is 0 Å². The van der Waals surface area contributed by atoms with Crippen LogP contribution in [0.3, 0.4) is 0 Å². The van der Waals surface area contributed by atoms with E-state index in [0.717, 1.165) is 17.5 Å². The largest absolute Gasteiger partial charge is 0.294 e.